The summed E-state index contributed by atoms with van der Waals surface area (Å²) in [6.07, 6.45) is 3.93. The lowest BCUT2D eigenvalue weighted by Crippen LogP contribution is -2.56. The molecule has 33 heavy (non-hydrogen) atoms. The summed E-state index contributed by atoms with van der Waals surface area (Å²) in [6.45, 7) is 6.77. The van der Waals surface area contributed by atoms with Gasteiger partial charge >= 0.3 is 0 Å². The van der Waals surface area contributed by atoms with Crippen LogP contribution in [0.3, 0.4) is 0 Å². The van der Waals surface area contributed by atoms with Crippen LogP contribution in [0.2, 0.25) is 0 Å². The number of Topliss-reactive ketones (excluding diaryl/α,β-unsaturated/α-hetero) is 1. The Kier molecular flexibility index (Phi) is 5.49. The second-order valence-corrected chi connectivity index (χ2v) is 10.4. The first-order valence-corrected chi connectivity index (χ1v) is 12.1. The molecule has 0 radical (unpaired) electrons. The maximum absolute atomic E-state index is 14.2. The Bertz CT molecular complexity index is 1090. The molecule has 6 atom stereocenters. The van der Waals surface area contributed by atoms with Crippen molar-refractivity contribution in [1.82, 2.24) is 0 Å². The highest BCUT2D eigenvalue weighted by molar-refractivity contribution is 5.90. The van der Waals surface area contributed by atoms with E-state index in [2.05, 4.69) is 25.6 Å². The summed E-state index contributed by atoms with van der Waals surface area (Å²) in [6, 6.07) is 15.4. The normalized spacial score (nSPS) is 34.6. The molecule has 4 nitrogen and oxygen atoms in total. The SMILES string of the molecule is C=C1C2C(CO)C3CCCC1(C)C3(C(=O)CCc1cccc(-c3cccc(O)c3)c1)C2OC. The zero-order valence-electron chi connectivity index (χ0n) is 19.6. The van der Waals surface area contributed by atoms with Crippen LogP contribution in [-0.2, 0) is 16.0 Å². The predicted molar refractivity (Wildman–Crippen MR) is 129 cm³/mol. The van der Waals surface area contributed by atoms with Crippen molar-refractivity contribution in [3.8, 4) is 16.9 Å². The van der Waals surface area contributed by atoms with Gasteiger partial charge in [-0.3, -0.25) is 4.79 Å². The number of ether oxygens (including phenoxy) is 1. The fourth-order valence-electron chi connectivity index (χ4n) is 7.89. The third kappa shape index (κ3) is 3.00. The van der Waals surface area contributed by atoms with E-state index in [-0.39, 0.29) is 47.4 Å². The second-order valence-electron chi connectivity index (χ2n) is 10.4. The molecule has 0 aromatic heterocycles. The van der Waals surface area contributed by atoms with E-state index in [1.54, 1.807) is 19.2 Å². The summed E-state index contributed by atoms with van der Waals surface area (Å²) in [5, 5.41) is 20.1. The van der Waals surface area contributed by atoms with E-state index in [1.165, 1.54) is 0 Å². The van der Waals surface area contributed by atoms with Gasteiger partial charge in [-0.05, 0) is 59.9 Å². The lowest BCUT2D eigenvalue weighted by atomic mass is 9.47. The number of fused-ring (bicyclic) bond motifs is 1. The number of aryl methyl sites for hydroxylation is 1. The standard InChI is InChI=1S/C29H34O4/c1-18-26-23(17-30)24-11-6-14-28(18,2)29(24,27(26)33-3)25(32)13-12-19-7-4-8-20(15-19)21-9-5-10-22(31)16-21/h4-5,7-10,15-16,23-24,26-27,30-31H,1,6,11-14,17H2,2-3H3. The molecule has 3 saturated carbocycles. The molecule has 2 aromatic carbocycles. The van der Waals surface area contributed by atoms with Gasteiger partial charge in [0, 0.05) is 31.5 Å². The van der Waals surface area contributed by atoms with Crippen LogP contribution < -0.4 is 0 Å². The number of carbonyl (C=O) groups excluding carboxylic acids is 1. The van der Waals surface area contributed by atoms with Crippen LogP contribution in [0.4, 0.5) is 0 Å². The molecule has 0 saturated heterocycles. The maximum Gasteiger partial charge on any atom is 0.143 e. The first-order valence-electron chi connectivity index (χ1n) is 12.1. The number of phenols is 1. The molecule has 0 aliphatic heterocycles. The smallest absolute Gasteiger partial charge is 0.143 e. The van der Waals surface area contributed by atoms with Crippen molar-refractivity contribution in [3.05, 3.63) is 66.2 Å². The Morgan fingerprint density at radius 2 is 1.91 bits per heavy atom. The van der Waals surface area contributed by atoms with Gasteiger partial charge in [0.1, 0.15) is 11.5 Å². The van der Waals surface area contributed by atoms with Gasteiger partial charge in [0.15, 0.2) is 0 Å². The highest BCUT2D eigenvalue weighted by atomic mass is 16.5. The lowest BCUT2D eigenvalue weighted by molar-refractivity contribution is -0.154. The maximum atomic E-state index is 14.2. The highest BCUT2D eigenvalue weighted by Crippen LogP contribution is 2.76. The van der Waals surface area contributed by atoms with Gasteiger partial charge in [0.05, 0.1) is 11.5 Å². The van der Waals surface area contributed by atoms with Gasteiger partial charge < -0.3 is 14.9 Å². The van der Waals surface area contributed by atoms with E-state index >= 15 is 0 Å². The van der Waals surface area contributed by atoms with Gasteiger partial charge in [0.25, 0.3) is 0 Å². The van der Waals surface area contributed by atoms with Crippen molar-refractivity contribution in [1.29, 1.82) is 0 Å². The number of aromatic hydroxyl groups is 1. The molecular formula is C29H34O4. The van der Waals surface area contributed by atoms with Gasteiger partial charge in [-0.25, -0.2) is 0 Å². The zero-order valence-corrected chi connectivity index (χ0v) is 19.6. The molecular weight excluding hydrogens is 412 g/mol. The molecule has 3 aliphatic carbocycles. The van der Waals surface area contributed by atoms with Crippen molar-refractivity contribution in [2.75, 3.05) is 13.7 Å². The lowest BCUT2D eigenvalue weighted by Gasteiger charge is -2.55. The van der Waals surface area contributed by atoms with Crippen LogP contribution in [-0.4, -0.2) is 35.8 Å². The van der Waals surface area contributed by atoms with E-state index < -0.39 is 5.41 Å². The van der Waals surface area contributed by atoms with Crippen LogP contribution in [0.25, 0.3) is 11.1 Å². The van der Waals surface area contributed by atoms with E-state index in [0.717, 1.165) is 41.5 Å². The van der Waals surface area contributed by atoms with Crippen molar-refractivity contribution in [3.63, 3.8) is 0 Å². The first kappa shape index (κ1) is 22.4. The van der Waals surface area contributed by atoms with Crippen molar-refractivity contribution >= 4 is 5.78 Å². The van der Waals surface area contributed by atoms with Gasteiger partial charge in [-0.15, -0.1) is 0 Å². The van der Waals surface area contributed by atoms with Crippen molar-refractivity contribution in [2.45, 2.75) is 45.1 Å². The topological polar surface area (TPSA) is 66.8 Å². The Morgan fingerprint density at radius 3 is 2.61 bits per heavy atom. The van der Waals surface area contributed by atoms with E-state index in [0.29, 0.717) is 12.8 Å². The van der Waals surface area contributed by atoms with E-state index in [4.69, 9.17) is 4.74 Å². The Morgan fingerprint density at radius 1 is 1.18 bits per heavy atom. The number of phenolic OH excluding ortho intramolecular Hbond substituents is 1. The average molecular weight is 447 g/mol. The molecule has 5 rings (SSSR count). The summed E-state index contributed by atoms with van der Waals surface area (Å²) < 4.78 is 6.05. The number of carbonyl (C=O) groups is 1. The van der Waals surface area contributed by atoms with Crippen LogP contribution in [0.5, 0.6) is 5.75 Å². The van der Waals surface area contributed by atoms with Crippen LogP contribution in [0.1, 0.15) is 38.2 Å². The van der Waals surface area contributed by atoms with E-state index in [1.807, 2.05) is 24.3 Å². The molecule has 0 amide bonds. The third-order valence-corrected chi connectivity index (χ3v) is 9.23. The number of aliphatic hydroxyl groups is 1. The zero-order chi connectivity index (χ0) is 23.4. The molecule has 3 aliphatic rings. The largest absolute Gasteiger partial charge is 0.508 e. The van der Waals surface area contributed by atoms with Gasteiger partial charge in [-0.1, -0.05) is 61.9 Å². The minimum absolute atomic E-state index is 0.0633. The Hall–Kier alpha value is -2.43. The number of ketones is 1. The van der Waals surface area contributed by atoms with E-state index in [9.17, 15) is 15.0 Å². The summed E-state index contributed by atoms with van der Waals surface area (Å²) in [5.74, 6) is 0.798. The van der Waals surface area contributed by atoms with Gasteiger partial charge in [-0.2, -0.15) is 0 Å². The summed E-state index contributed by atoms with van der Waals surface area (Å²) in [4.78, 5) is 14.2. The number of hydrogen-bond acceptors (Lipinski definition) is 4. The molecule has 3 fully saturated rings. The minimum Gasteiger partial charge on any atom is -0.508 e. The summed E-state index contributed by atoms with van der Waals surface area (Å²) in [7, 11) is 1.72. The van der Waals surface area contributed by atoms with Crippen molar-refractivity contribution in [2.24, 2.45) is 28.6 Å². The molecule has 0 spiro atoms. The molecule has 2 aromatic rings. The molecule has 2 bridgehead atoms. The first-order chi connectivity index (χ1) is 15.9. The van der Waals surface area contributed by atoms with Crippen LogP contribution in [0, 0.1) is 28.6 Å². The number of hydrogen-bond donors (Lipinski definition) is 2. The average Bonchev–Trinajstić information content (AvgIpc) is 3.23. The number of aliphatic hydroxyl groups excluding tert-OH is 1. The minimum atomic E-state index is -0.585. The number of rotatable bonds is 7. The van der Waals surface area contributed by atoms with Crippen LogP contribution in [0.15, 0.2) is 60.7 Å². The molecule has 0 heterocycles. The Labute approximate surface area is 196 Å². The fourth-order valence-corrected chi connectivity index (χ4v) is 7.89. The highest BCUT2D eigenvalue weighted by Gasteiger charge is 2.78. The molecule has 6 unspecified atom stereocenters. The predicted octanol–water partition coefficient (Wildman–Crippen LogP) is 5.18. The molecule has 2 N–H and O–H groups in total. The fraction of sp³-hybridized carbons (Fsp3) is 0.483. The summed E-state index contributed by atoms with van der Waals surface area (Å²) >= 11 is 0. The quantitative estimate of drug-likeness (QED) is 0.576. The second kappa shape index (κ2) is 8.11. The third-order valence-electron chi connectivity index (χ3n) is 9.23. The number of benzene rings is 2. The number of methoxy groups -OCH3 is 1. The molecule has 4 heteroatoms. The van der Waals surface area contributed by atoms with Crippen molar-refractivity contribution < 1.29 is 19.7 Å². The molecule has 174 valence electrons. The summed E-state index contributed by atoms with van der Waals surface area (Å²) in [5.41, 5.74) is 3.37. The Balaban J connectivity index is 1.44. The van der Waals surface area contributed by atoms with Crippen LogP contribution >= 0.6 is 0 Å². The van der Waals surface area contributed by atoms with Gasteiger partial charge in [0.2, 0.25) is 0 Å². The monoisotopic (exact) mass is 446 g/mol.